The quantitative estimate of drug-likeness (QED) is 0.313. The molecule has 188 valence electrons. The van der Waals surface area contributed by atoms with Crippen LogP contribution in [-0.2, 0) is 35.2 Å². The second-order valence-electron chi connectivity index (χ2n) is 10.2. The molecule has 2 aromatic rings. The molecule has 34 heavy (non-hydrogen) atoms. The van der Waals surface area contributed by atoms with Gasteiger partial charge in [-0.05, 0) is 115 Å². The van der Waals surface area contributed by atoms with Crippen molar-refractivity contribution in [3.8, 4) is 5.75 Å². The lowest BCUT2D eigenvalue weighted by Gasteiger charge is -2.19. The number of para-hydroxylation sites is 1. The van der Waals surface area contributed by atoms with Gasteiger partial charge in [0.05, 0.1) is 6.61 Å². The Morgan fingerprint density at radius 3 is 2.21 bits per heavy atom. The van der Waals surface area contributed by atoms with Gasteiger partial charge in [-0.25, -0.2) is 0 Å². The fraction of sp³-hybridized carbons (Fsp3) is 0.552. The van der Waals surface area contributed by atoms with E-state index < -0.39 is 5.60 Å². The molecule has 0 aliphatic heterocycles. The van der Waals surface area contributed by atoms with Crippen LogP contribution in [0.25, 0.3) is 0 Å². The molecule has 0 fully saturated rings. The number of ether oxygens (including phenoxy) is 2. The molecule has 0 spiro atoms. The molecule has 2 aromatic carbocycles. The first-order valence-corrected chi connectivity index (χ1v) is 12.6. The maximum Gasteiger partial charge on any atom is 0.306 e. The van der Waals surface area contributed by atoms with Crippen LogP contribution < -0.4 is 10.5 Å². The van der Waals surface area contributed by atoms with Gasteiger partial charge in [-0.3, -0.25) is 4.79 Å². The van der Waals surface area contributed by atoms with E-state index in [0.717, 1.165) is 56.6 Å². The van der Waals surface area contributed by atoms with Crippen molar-refractivity contribution < 1.29 is 14.3 Å². The van der Waals surface area contributed by atoms with Gasteiger partial charge in [-0.1, -0.05) is 36.4 Å². The van der Waals surface area contributed by atoms with Crippen LogP contribution in [0.15, 0.2) is 42.5 Å². The van der Waals surface area contributed by atoms with E-state index in [-0.39, 0.29) is 5.97 Å². The molecular formula is C29H44N2O3. The van der Waals surface area contributed by atoms with Gasteiger partial charge in [-0.15, -0.1) is 0 Å². The van der Waals surface area contributed by atoms with Crippen molar-refractivity contribution in [2.24, 2.45) is 5.73 Å². The summed E-state index contributed by atoms with van der Waals surface area (Å²) >= 11 is 0. The SMILES string of the molecule is CN(C)CCCCOc1ccccc1CCc1cc(CCN)cc(CCC(=O)OC(C)(C)C)c1. The van der Waals surface area contributed by atoms with E-state index in [4.69, 9.17) is 15.2 Å². The number of carbonyl (C=O) groups is 1. The largest absolute Gasteiger partial charge is 0.493 e. The molecule has 0 heterocycles. The average Bonchev–Trinajstić information content (AvgIpc) is 2.75. The monoisotopic (exact) mass is 468 g/mol. The predicted molar refractivity (Wildman–Crippen MR) is 140 cm³/mol. The average molecular weight is 469 g/mol. The van der Waals surface area contributed by atoms with E-state index in [1.165, 1.54) is 16.7 Å². The Bertz CT molecular complexity index is 887. The van der Waals surface area contributed by atoms with Crippen molar-refractivity contribution in [1.29, 1.82) is 0 Å². The molecule has 0 bridgehead atoms. The van der Waals surface area contributed by atoms with E-state index >= 15 is 0 Å². The van der Waals surface area contributed by atoms with E-state index in [1.807, 2.05) is 26.8 Å². The molecule has 2 N–H and O–H groups in total. The second kappa shape index (κ2) is 14.1. The number of carbonyl (C=O) groups excluding carboxylic acids is 1. The molecule has 0 atom stereocenters. The van der Waals surface area contributed by atoms with Gasteiger partial charge < -0.3 is 20.1 Å². The van der Waals surface area contributed by atoms with Gasteiger partial charge in [0.2, 0.25) is 0 Å². The Morgan fingerprint density at radius 2 is 1.56 bits per heavy atom. The van der Waals surface area contributed by atoms with Gasteiger partial charge in [-0.2, -0.15) is 0 Å². The molecule has 0 aromatic heterocycles. The molecule has 0 unspecified atom stereocenters. The Morgan fingerprint density at radius 1 is 0.912 bits per heavy atom. The van der Waals surface area contributed by atoms with Gasteiger partial charge in [0, 0.05) is 6.42 Å². The van der Waals surface area contributed by atoms with Gasteiger partial charge in [0.1, 0.15) is 11.4 Å². The summed E-state index contributed by atoms with van der Waals surface area (Å²) in [5.74, 6) is 0.825. The molecule has 0 saturated carbocycles. The standard InChI is InChI=1S/C29H44N2O3/c1-29(2,3)34-28(32)15-13-24-20-23(21-25(22-24)16-17-30)12-14-26-10-6-7-11-27(26)33-19-9-8-18-31(4)5/h6-7,10-11,20-22H,8-9,12-19,30H2,1-5H3. The number of esters is 1. The lowest BCUT2D eigenvalue weighted by atomic mass is 9.96. The summed E-state index contributed by atoms with van der Waals surface area (Å²) in [5, 5.41) is 0. The van der Waals surface area contributed by atoms with Crippen molar-refractivity contribution >= 4 is 5.97 Å². The zero-order valence-corrected chi connectivity index (χ0v) is 21.9. The van der Waals surface area contributed by atoms with Crippen molar-refractivity contribution in [1.82, 2.24) is 4.90 Å². The van der Waals surface area contributed by atoms with Crippen LogP contribution in [0.5, 0.6) is 5.75 Å². The highest BCUT2D eigenvalue weighted by Crippen LogP contribution is 2.22. The highest BCUT2D eigenvalue weighted by atomic mass is 16.6. The summed E-state index contributed by atoms with van der Waals surface area (Å²) in [5.41, 5.74) is 10.3. The lowest BCUT2D eigenvalue weighted by molar-refractivity contribution is -0.154. The number of benzene rings is 2. The minimum atomic E-state index is -0.453. The van der Waals surface area contributed by atoms with E-state index in [2.05, 4.69) is 55.4 Å². The van der Waals surface area contributed by atoms with Crippen LogP contribution in [0.4, 0.5) is 0 Å². The lowest BCUT2D eigenvalue weighted by Crippen LogP contribution is -2.24. The van der Waals surface area contributed by atoms with Crippen LogP contribution in [-0.4, -0.2) is 50.3 Å². The summed E-state index contributed by atoms with van der Waals surface area (Å²) in [6, 6.07) is 15.0. The van der Waals surface area contributed by atoms with Gasteiger partial charge in [0.15, 0.2) is 0 Å². The molecular weight excluding hydrogens is 424 g/mol. The van der Waals surface area contributed by atoms with E-state index in [0.29, 0.717) is 19.4 Å². The zero-order chi connectivity index (χ0) is 25.0. The van der Waals surface area contributed by atoms with Crippen molar-refractivity contribution in [3.63, 3.8) is 0 Å². The Kier molecular flexibility index (Phi) is 11.6. The van der Waals surface area contributed by atoms with Crippen LogP contribution in [0.1, 0.15) is 62.3 Å². The summed E-state index contributed by atoms with van der Waals surface area (Å²) in [4.78, 5) is 14.4. The van der Waals surface area contributed by atoms with E-state index in [9.17, 15) is 4.79 Å². The number of aryl methyl sites for hydroxylation is 3. The number of hydrogen-bond donors (Lipinski definition) is 1. The highest BCUT2D eigenvalue weighted by molar-refractivity contribution is 5.70. The Hall–Kier alpha value is -2.37. The van der Waals surface area contributed by atoms with Crippen LogP contribution >= 0.6 is 0 Å². The van der Waals surface area contributed by atoms with Crippen molar-refractivity contribution in [3.05, 3.63) is 64.7 Å². The number of hydrogen-bond acceptors (Lipinski definition) is 5. The number of rotatable bonds is 14. The third-order valence-corrected chi connectivity index (χ3v) is 5.50. The summed E-state index contributed by atoms with van der Waals surface area (Å²) < 4.78 is 11.6. The number of nitrogens with zero attached hydrogens (tertiary/aromatic N) is 1. The Balaban J connectivity index is 2.00. The second-order valence-corrected chi connectivity index (χ2v) is 10.2. The first kappa shape index (κ1) is 27.9. The minimum absolute atomic E-state index is 0.157. The summed E-state index contributed by atoms with van der Waals surface area (Å²) in [6.07, 6.45) is 5.90. The fourth-order valence-electron chi connectivity index (χ4n) is 3.92. The summed E-state index contributed by atoms with van der Waals surface area (Å²) in [6.45, 7) is 8.13. The van der Waals surface area contributed by atoms with Crippen molar-refractivity contribution in [2.45, 2.75) is 71.3 Å². The normalized spacial score (nSPS) is 11.6. The number of unbranched alkanes of at least 4 members (excludes halogenated alkanes) is 1. The third-order valence-electron chi connectivity index (χ3n) is 5.50. The van der Waals surface area contributed by atoms with Crippen molar-refractivity contribution in [2.75, 3.05) is 33.8 Å². The third kappa shape index (κ3) is 11.2. The molecule has 5 heteroatoms. The van der Waals surface area contributed by atoms with Gasteiger partial charge in [0.25, 0.3) is 0 Å². The van der Waals surface area contributed by atoms with Crippen LogP contribution in [0.2, 0.25) is 0 Å². The highest BCUT2D eigenvalue weighted by Gasteiger charge is 2.16. The smallest absolute Gasteiger partial charge is 0.306 e. The molecule has 0 radical (unpaired) electrons. The summed E-state index contributed by atoms with van der Waals surface area (Å²) in [7, 11) is 4.20. The van der Waals surface area contributed by atoms with Crippen LogP contribution in [0.3, 0.4) is 0 Å². The predicted octanol–water partition coefficient (Wildman–Crippen LogP) is 4.97. The van der Waals surface area contributed by atoms with Crippen LogP contribution in [0, 0.1) is 0 Å². The first-order valence-electron chi connectivity index (χ1n) is 12.6. The topological polar surface area (TPSA) is 64.8 Å². The molecule has 0 aliphatic rings. The molecule has 0 aliphatic carbocycles. The molecule has 2 rings (SSSR count). The maximum atomic E-state index is 12.2. The Labute approximate surface area is 206 Å². The zero-order valence-electron chi connectivity index (χ0n) is 21.9. The fourth-order valence-corrected chi connectivity index (χ4v) is 3.92. The van der Waals surface area contributed by atoms with E-state index in [1.54, 1.807) is 0 Å². The number of nitrogens with two attached hydrogens (primary N) is 1. The minimum Gasteiger partial charge on any atom is -0.493 e. The molecule has 0 amide bonds. The molecule has 0 saturated heterocycles. The maximum absolute atomic E-state index is 12.2. The van der Waals surface area contributed by atoms with Gasteiger partial charge >= 0.3 is 5.97 Å². The first-order chi connectivity index (χ1) is 16.2. The molecule has 5 nitrogen and oxygen atoms in total.